The van der Waals surface area contributed by atoms with Crippen LogP contribution in [0.2, 0.25) is 5.02 Å². The van der Waals surface area contributed by atoms with Crippen molar-refractivity contribution in [3.05, 3.63) is 50.8 Å². The molecule has 0 aliphatic carbocycles. The van der Waals surface area contributed by atoms with Gasteiger partial charge in [0.2, 0.25) is 0 Å². The number of rotatable bonds is 3. The number of benzene rings is 1. The van der Waals surface area contributed by atoms with Gasteiger partial charge in [0.05, 0.1) is 29.5 Å². The summed E-state index contributed by atoms with van der Waals surface area (Å²) < 4.78 is 6.74. The molecule has 120 valence electrons. The molecule has 1 aliphatic heterocycles. The molecule has 1 aromatic carbocycles. The first-order valence-electron chi connectivity index (χ1n) is 7.31. The quantitative estimate of drug-likeness (QED) is 0.682. The van der Waals surface area contributed by atoms with E-state index < -0.39 is 0 Å². The summed E-state index contributed by atoms with van der Waals surface area (Å²) in [6.07, 6.45) is 4.68. The first-order chi connectivity index (χ1) is 11.1. The van der Waals surface area contributed by atoms with Gasteiger partial charge in [0, 0.05) is 10.1 Å². The van der Waals surface area contributed by atoms with Crippen molar-refractivity contribution in [3.8, 4) is 6.01 Å². The Morgan fingerprint density at radius 3 is 2.78 bits per heavy atom. The standard InChI is InChI=1S/C16H15ClIN3O2/c17-11-8-19-16(20-9-11)23-12-4-3-7-21(10-12)15(22)13-5-1-2-6-14(13)18/h1-2,5-6,8-9,12H,3-4,7,10H2. The molecule has 0 saturated carbocycles. The number of hydrogen-bond donors (Lipinski definition) is 0. The molecule has 1 saturated heterocycles. The molecule has 1 atom stereocenters. The molecule has 1 amide bonds. The van der Waals surface area contributed by atoms with Crippen molar-refractivity contribution >= 4 is 40.1 Å². The van der Waals surface area contributed by atoms with Crippen LogP contribution in [0.15, 0.2) is 36.7 Å². The van der Waals surface area contributed by atoms with Crippen LogP contribution in [-0.2, 0) is 0 Å². The summed E-state index contributed by atoms with van der Waals surface area (Å²) in [5.74, 6) is 0.0420. The third kappa shape index (κ3) is 4.11. The summed E-state index contributed by atoms with van der Waals surface area (Å²) >= 11 is 7.96. The molecule has 1 aromatic heterocycles. The molecule has 5 nitrogen and oxygen atoms in total. The van der Waals surface area contributed by atoms with Crippen molar-refractivity contribution in [3.63, 3.8) is 0 Å². The maximum atomic E-state index is 12.7. The lowest BCUT2D eigenvalue weighted by atomic mass is 10.1. The molecule has 3 rings (SSSR count). The summed E-state index contributed by atoms with van der Waals surface area (Å²) in [6.45, 7) is 1.28. The summed E-state index contributed by atoms with van der Waals surface area (Å²) in [7, 11) is 0. The SMILES string of the molecule is O=C(c1ccccc1I)N1CCCC(Oc2ncc(Cl)cn2)C1. The molecule has 1 fully saturated rings. The minimum Gasteiger partial charge on any atom is -0.458 e. The number of likely N-dealkylation sites (tertiary alicyclic amines) is 1. The van der Waals surface area contributed by atoms with E-state index in [-0.39, 0.29) is 12.0 Å². The number of halogens is 2. The number of aromatic nitrogens is 2. The van der Waals surface area contributed by atoms with Gasteiger partial charge in [0.15, 0.2) is 0 Å². The Morgan fingerprint density at radius 1 is 1.30 bits per heavy atom. The van der Waals surface area contributed by atoms with E-state index >= 15 is 0 Å². The minimum atomic E-state index is -0.102. The first-order valence-corrected chi connectivity index (χ1v) is 8.77. The number of hydrogen-bond acceptors (Lipinski definition) is 4. The van der Waals surface area contributed by atoms with Crippen molar-refractivity contribution in [2.75, 3.05) is 13.1 Å². The predicted octanol–water partition coefficient (Wildman–Crippen LogP) is 3.42. The number of nitrogens with zero attached hydrogens (tertiary/aromatic N) is 3. The van der Waals surface area contributed by atoms with E-state index in [0.717, 1.165) is 28.5 Å². The molecule has 7 heteroatoms. The molecular weight excluding hydrogens is 429 g/mol. The number of piperidine rings is 1. The van der Waals surface area contributed by atoms with Crippen molar-refractivity contribution < 1.29 is 9.53 Å². The molecule has 0 N–H and O–H groups in total. The zero-order chi connectivity index (χ0) is 16.2. The number of amides is 1. The smallest absolute Gasteiger partial charge is 0.316 e. The monoisotopic (exact) mass is 443 g/mol. The number of carbonyl (C=O) groups excluding carboxylic acids is 1. The van der Waals surface area contributed by atoms with Crippen molar-refractivity contribution in [1.82, 2.24) is 14.9 Å². The molecular formula is C16H15ClIN3O2. The minimum absolute atomic E-state index is 0.0420. The maximum Gasteiger partial charge on any atom is 0.316 e. The van der Waals surface area contributed by atoms with Crippen molar-refractivity contribution in [2.24, 2.45) is 0 Å². The average Bonchev–Trinajstić information content (AvgIpc) is 2.57. The van der Waals surface area contributed by atoms with Gasteiger partial charge in [-0.25, -0.2) is 9.97 Å². The highest BCUT2D eigenvalue weighted by Crippen LogP contribution is 2.20. The fourth-order valence-electron chi connectivity index (χ4n) is 2.53. The van der Waals surface area contributed by atoms with Gasteiger partial charge in [-0.05, 0) is 47.6 Å². The second-order valence-electron chi connectivity index (χ2n) is 5.30. The lowest BCUT2D eigenvalue weighted by Gasteiger charge is -2.32. The van der Waals surface area contributed by atoms with Crippen LogP contribution in [0.5, 0.6) is 6.01 Å². The molecule has 1 aliphatic rings. The topological polar surface area (TPSA) is 55.3 Å². The second kappa shape index (κ2) is 7.44. The first kappa shape index (κ1) is 16.4. The van der Waals surface area contributed by atoms with E-state index in [1.165, 1.54) is 12.4 Å². The third-order valence-electron chi connectivity index (χ3n) is 3.64. The lowest BCUT2D eigenvalue weighted by molar-refractivity contribution is 0.0515. The van der Waals surface area contributed by atoms with E-state index in [1.54, 1.807) is 0 Å². The van der Waals surface area contributed by atoms with Crippen LogP contribution in [0.4, 0.5) is 0 Å². The third-order valence-corrected chi connectivity index (χ3v) is 4.77. The molecule has 0 bridgehead atoms. The molecule has 0 spiro atoms. The maximum absolute atomic E-state index is 12.7. The highest BCUT2D eigenvalue weighted by Gasteiger charge is 2.27. The summed E-state index contributed by atoms with van der Waals surface area (Å²) in [6, 6.07) is 7.90. The Morgan fingerprint density at radius 2 is 2.04 bits per heavy atom. The van der Waals surface area contributed by atoms with E-state index in [4.69, 9.17) is 16.3 Å². The van der Waals surface area contributed by atoms with Crippen LogP contribution in [0.1, 0.15) is 23.2 Å². The fraction of sp³-hybridized carbons (Fsp3) is 0.312. The van der Waals surface area contributed by atoms with Crippen LogP contribution in [0.25, 0.3) is 0 Å². The van der Waals surface area contributed by atoms with Crippen LogP contribution in [0, 0.1) is 3.57 Å². The van der Waals surface area contributed by atoms with Gasteiger partial charge >= 0.3 is 6.01 Å². The zero-order valence-corrected chi connectivity index (χ0v) is 15.2. The largest absolute Gasteiger partial charge is 0.458 e. The molecule has 0 radical (unpaired) electrons. The van der Waals surface area contributed by atoms with Crippen LogP contribution >= 0.6 is 34.2 Å². The number of carbonyl (C=O) groups is 1. The van der Waals surface area contributed by atoms with Gasteiger partial charge < -0.3 is 9.64 Å². The Balaban J connectivity index is 1.67. The van der Waals surface area contributed by atoms with E-state index in [2.05, 4.69) is 32.6 Å². The lowest BCUT2D eigenvalue weighted by Crippen LogP contribution is -2.44. The van der Waals surface area contributed by atoms with Crippen LogP contribution in [0.3, 0.4) is 0 Å². The van der Waals surface area contributed by atoms with Gasteiger partial charge in [-0.3, -0.25) is 4.79 Å². The zero-order valence-electron chi connectivity index (χ0n) is 12.3. The Kier molecular flexibility index (Phi) is 5.32. The second-order valence-corrected chi connectivity index (χ2v) is 6.90. The van der Waals surface area contributed by atoms with E-state index in [9.17, 15) is 4.79 Å². The van der Waals surface area contributed by atoms with Gasteiger partial charge in [-0.1, -0.05) is 23.7 Å². The predicted molar refractivity (Wildman–Crippen MR) is 95.8 cm³/mol. The van der Waals surface area contributed by atoms with Gasteiger partial charge in [0.25, 0.3) is 5.91 Å². The average molecular weight is 444 g/mol. The molecule has 2 aromatic rings. The van der Waals surface area contributed by atoms with Crippen molar-refractivity contribution in [2.45, 2.75) is 18.9 Å². The Bertz CT molecular complexity index is 696. The Hall–Kier alpha value is -1.41. The fourth-order valence-corrected chi connectivity index (χ4v) is 3.25. The highest BCUT2D eigenvalue weighted by molar-refractivity contribution is 14.1. The van der Waals surface area contributed by atoms with Crippen LogP contribution < -0.4 is 4.74 Å². The molecule has 2 heterocycles. The Labute approximate surface area is 153 Å². The highest BCUT2D eigenvalue weighted by atomic mass is 127. The summed E-state index contributed by atoms with van der Waals surface area (Å²) in [4.78, 5) is 22.6. The van der Waals surface area contributed by atoms with Crippen LogP contribution in [-0.4, -0.2) is 40.0 Å². The van der Waals surface area contributed by atoms with Gasteiger partial charge in [-0.15, -0.1) is 0 Å². The van der Waals surface area contributed by atoms with Gasteiger partial charge in [0.1, 0.15) is 6.10 Å². The summed E-state index contributed by atoms with van der Waals surface area (Å²) in [5.41, 5.74) is 0.733. The molecule has 1 unspecified atom stereocenters. The number of ether oxygens (including phenoxy) is 1. The molecule has 23 heavy (non-hydrogen) atoms. The van der Waals surface area contributed by atoms with E-state index in [1.807, 2.05) is 29.2 Å². The summed E-state index contributed by atoms with van der Waals surface area (Å²) in [5, 5.41) is 0.469. The van der Waals surface area contributed by atoms with E-state index in [0.29, 0.717) is 17.6 Å². The normalized spacial score (nSPS) is 17.8. The van der Waals surface area contributed by atoms with Crippen molar-refractivity contribution in [1.29, 1.82) is 0 Å². The van der Waals surface area contributed by atoms with Gasteiger partial charge in [-0.2, -0.15) is 0 Å².